The molecule has 0 N–H and O–H groups in total. The van der Waals surface area contributed by atoms with E-state index < -0.39 is 0 Å². The number of halogens is 6. The Morgan fingerprint density at radius 2 is 1.12 bits per heavy atom. The number of hydrogen-bond acceptors (Lipinski definition) is 0. The fraction of sp³-hybridized carbons (Fsp3) is 0. The van der Waals surface area contributed by atoms with Crippen molar-refractivity contribution in [2.24, 2.45) is 0 Å². The van der Waals surface area contributed by atoms with E-state index in [0.717, 1.165) is 21.5 Å². The summed E-state index contributed by atoms with van der Waals surface area (Å²) in [7, 11) is 0. The van der Waals surface area contributed by atoms with Crippen LogP contribution < -0.4 is 0 Å². The summed E-state index contributed by atoms with van der Waals surface area (Å²) in [5.41, 5.74) is 0. The molecule has 0 bridgehead atoms. The number of rotatable bonds is 0. The first-order chi connectivity index (χ1) is 12.4. The Kier molecular flexibility index (Phi) is 6.45. The van der Waals surface area contributed by atoms with Gasteiger partial charge in [-0.3, -0.25) is 0 Å². The van der Waals surface area contributed by atoms with Gasteiger partial charge < -0.3 is 0 Å². The van der Waals surface area contributed by atoms with E-state index >= 15 is 0 Å². The third-order valence-electron chi connectivity index (χ3n) is 3.75. The molecular formula is C20H10Cl6. The maximum Gasteiger partial charge on any atom is 0.0671 e. The SMILES string of the molecule is Clc1cc(Cl)c2ccccc2c1Cl.Clc1ccc2c(Cl)c(Cl)ccc2c1. The van der Waals surface area contributed by atoms with Crippen LogP contribution in [-0.2, 0) is 0 Å². The molecule has 0 aliphatic carbocycles. The third-order valence-corrected chi connectivity index (χ3v) is 5.92. The molecule has 4 aromatic rings. The molecule has 0 saturated carbocycles. The first kappa shape index (κ1) is 19.9. The Bertz CT molecular complexity index is 1100. The largest absolute Gasteiger partial charge is 0.0843 e. The molecule has 0 nitrogen and oxygen atoms in total. The second kappa shape index (κ2) is 8.44. The predicted octanol–water partition coefficient (Wildman–Crippen LogP) is 9.60. The van der Waals surface area contributed by atoms with Gasteiger partial charge in [0.05, 0.1) is 20.1 Å². The van der Waals surface area contributed by atoms with Gasteiger partial charge in [-0.2, -0.15) is 0 Å². The molecule has 4 aromatic carbocycles. The topological polar surface area (TPSA) is 0 Å². The zero-order chi connectivity index (χ0) is 18.8. The van der Waals surface area contributed by atoms with Gasteiger partial charge in [-0.25, -0.2) is 0 Å². The molecule has 132 valence electrons. The molecule has 0 unspecified atom stereocenters. The van der Waals surface area contributed by atoms with Crippen molar-refractivity contribution < 1.29 is 0 Å². The maximum absolute atomic E-state index is 6.01. The minimum Gasteiger partial charge on any atom is -0.0843 e. The van der Waals surface area contributed by atoms with Crippen LogP contribution in [0.1, 0.15) is 0 Å². The van der Waals surface area contributed by atoms with Gasteiger partial charge in [0.1, 0.15) is 0 Å². The van der Waals surface area contributed by atoms with Crippen molar-refractivity contribution in [2.75, 3.05) is 0 Å². The Balaban J connectivity index is 0.000000151. The molecule has 0 spiro atoms. The smallest absolute Gasteiger partial charge is 0.0671 e. The van der Waals surface area contributed by atoms with Gasteiger partial charge in [-0.15, -0.1) is 0 Å². The molecule has 0 atom stereocenters. The van der Waals surface area contributed by atoms with Gasteiger partial charge in [0.2, 0.25) is 0 Å². The van der Waals surface area contributed by atoms with Gasteiger partial charge in [0.15, 0.2) is 0 Å². The average Bonchev–Trinajstić information content (AvgIpc) is 2.63. The van der Waals surface area contributed by atoms with E-state index in [1.807, 2.05) is 42.5 Å². The van der Waals surface area contributed by atoms with Crippen molar-refractivity contribution in [3.63, 3.8) is 0 Å². The lowest BCUT2D eigenvalue weighted by Crippen LogP contribution is -1.77. The van der Waals surface area contributed by atoms with E-state index in [4.69, 9.17) is 69.6 Å². The highest BCUT2D eigenvalue weighted by molar-refractivity contribution is 6.48. The quantitative estimate of drug-likeness (QED) is 0.228. The van der Waals surface area contributed by atoms with Crippen LogP contribution in [0.4, 0.5) is 0 Å². The van der Waals surface area contributed by atoms with E-state index in [-0.39, 0.29) is 0 Å². The van der Waals surface area contributed by atoms with E-state index in [2.05, 4.69) is 0 Å². The molecule has 6 heteroatoms. The second-order valence-corrected chi connectivity index (χ2v) is 7.84. The lowest BCUT2D eigenvalue weighted by molar-refractivity contribution is 1.74. The third kappa shape index (κ3) is 4.17. The number of fused-ring (bicyclic) bond motifs is 2. The molecular weight excluding hydrogens is 453 g/mol. The summed E-state index contributed by atoms with van der Waals surface area (Å²) in [4.78, 5) is 0. The normalized spacial score (nSPS) is 10.7. The van der Waals surface area contributed by atoms with Crippen molar-refractivity contribution in [1.29, 1.82) is 0 Å². The lowest BCUT2D eigenvalue weighted by atomic mass is 10.1. The fourth-order valence-electron chi connectivity index (χ4n) is 2.50. The first-order valence-corrected chi connectivity index (χ1v) is 9.71. The van der Waals surface area contributed by atoms with Crippen molar-refractivity contribution in [2.45, 2.75) is 0 Å². The highest BCUT2D eigenvalue weighted by Gasteiger charge is 2.06. The molecule has 0 aliphatic heterocycles. The Morgan fingerprint density at radius 3 is 1.85 bits per heavy atom. The Hall–Kier alpha value is -0.860. The van der Waals surface area contributed by atoms with Crippen molar-refractivity contribution >= 4 is 91.2 Å². The highest BCUT2D eigenvalue weighted by Crippen LogP contribution is 2.35. The second-order valence-electron chi connectivity index (χ2n) is 5.43. The summed E-state index contributed by atoms with van der Waals surface area (Å²) in [6.45, 7) is 0. The number of benzene rings is 4. The zero-order valence-electron chi connectivity index (χ0n) is 13.0. The summed E-state index contributed by atoms with van der Waals surface area (Å²) in [5.74, 6) is 0. The minimum atomic E-state index is 0.491. The van der Waals surface area contributed by atoms with Crippen molar-refractivity contribution in [1.82, 2.24) is 0 Å². The molecule has 0 amide bonds. The minimum absolute atomic E-state index is 0.491. The van der Waals surface area contributed by atoms with Gasteiger partial charge in [0, 0.05) is 26.2 Å². The van der Waals surface area contributed by atoms with Crippen LogP contribution >= 0.6 is 69.6 Å². The summed E-state index contributed by atoms with van der Waals surface area (Å²) in [6.07, 6.45) is 0. The van der Waals surface area contributed by atoms with Gasteiger partial charge in [-0.05, 0) is 29.7 Å². The molecule has 0 aliphatic rings. The van der Waals surface area contributed by atoms with Crippen LogP contribution in [0.15, 0.2) is 60.7 Å². The van der Waals surface area contributed by atoms with E-state index in [1.54, 1.807) is 18.2 Å². The van der Waals surface area contributed by atoms with Crippen LogP contribution in [0.5, 0.6) is 0 Å². The van der Waals surface area contributed by atoms with Crippen LogP contribution in [0.3, 0.4) is 0 Å². The summed E-state index contributed by atoms with van der Waals surface area (Å²) in [5, 5.41) is 7.27. The Labute approximate surface area is 181 Å². The van der Waals surface area contributed by atoms with Crippen molar-refractivity contribution in [3.05, 3.63) is 90.8 Å². The van der Waals surface area contributed by atoms with Gasteiger partial charge in [-0.1, -0.05) is 106 Å². The first-order valence-electron chi connectivity index (χ1n) is 7.44. The van der Waals surface area contributed by atoms with Crippen molar-refractivity contribution in [3.8, 4) is 0 Å². The standard InChI is InChI=1S/2C10H5Cl3/c11-7-2-3-8-6(5-7)1-4-9(12)10(8)13;11-8-5-9(12)10(13)7-4-2-1-3-6(7)8/h2*1-5H. The zero-order valence-corrected chi connectivity index (χ0v) is 17.6. The van der Waals surface area contributed by atoms with Gasteiger partial charge >= 0.3 is 0 Å². The van der Waals surface area contributed by atoms with Crippen LogP contribution in [-0.4, -0.2) is 0 Å². The van der Waals surface area contributed by atoms with Crippen LogP contribution in [0, 0.1) is 0 Å². The van der Waals surface area contributed by atoms with E-state index in [1.165, 1.54) is 0 Å². The monoisotopic (exact) mass is 460 g/mol. The summed E-state index contributed by atoms with van der Waals surface area (Å²) >= 11 is 35.6. The van der Waals surface area contributed by atoms with Crippen LogP contribution in [0.2, 0.25) is 30.1 Å². The summed E-state index contributed by atoms with van der Waals surface area (Å²) in [6, 6.07) is 18.5. The predicted molar refractivity (Wildman–Crippen MR) is 118 cm³/mol. The number of hydrogen-bond donors (Lipinski definition) is 0. The molecule has 0 radical (unpaired) electrons. The van der Waals surface area contributed by atoms with E-state index in [9.17, 15) is 0 Å². The van der Waals surface area contributed by atoms with Gasteiger partial charge in [0.25, 0.3) is 0 Å². The van der Waals surface area contributed by atoms with Crippen LogP contribution in [0.25, 0.3) is 21.5 Å². The molecule has 0 aromatic heterocycles. The molecule has 0 heterocycles. The highest BCUT2D eigenvalue weighted by atomic mass is 35.5. The fourth-order valence-corrected chi connectivity index (χ4v) is 3.84. The lowest BCUT2D eigenvalue weighted by Gasteiger charge is -2.03. The molecule has 4 rings (SSSR count). The molecule has 0 saturated heterocycles. The molecule has 26 heavy (non-hydrogen) atoms. The maximum atomic E-state index is 6.01. The Morgan fingerprint density at radius 1 is 0.462 bits per heavy atom. The van der Waals surface area contributed by atoms with E-state index in [0.29, 0.717) is 30.1 Å². The average molecular weight is 463 g/mol. The summed E-state index contributed by atoms with van der Waals surface area (Å²) < 4.78 is 0. The molecule has 0 fully saturated rings.